The van der Waals surface area contributed by atoms with Crippen molar-refractivity contribution >= 4 is 14.4 Å². The average Bonchev–Trinajstić information content (AvgIpc) is 2.48. The molecule has 0 heterocycles. The van der Waals surface area contributed by atoms with Crippen molar-refractivity contribution in [2.45, 2.75) is 111 Å². The molecule has 0 aliphatic heterocycles. The van der Waals surface area contributed by atoms with E-state index in [0.29, 0.717) is 25.4 Å². The summed E-state index contributed by atoms with van der Waals surface area (Å²) < 4.78 is 11.7. The lowest BCUT2D eigenvalue weighted by atomic mass is 9.92. The molecule has 0 unspecified atom stereocenters. The van der Waals surface area contributed by atoms with Crippen molar-refractivity contribution in [1.29, 1.82) is 0 Å². The van der Waals surface area contributed by atoms with E-state index >= 15 is 0 Å². The number of carbonyl (C=O) groups excluding carboxylic acids is 1. The van der Waals surface area contributed by atoms with Gasteiger partial charge in [-0.05, 0) is 69.1 Å². The molecule has 0 aliphatic rings. The molecule has 0 aromatic heterocycles. The first-order chi connectivity index (χ1) is 13.0. The molecule has 3 atom stereocenters. The molecule has 0 aromatic rings. The maximum Gasteiger partial charge on any atom is 0.407 e. The van der Waals surface area contributed by atoms with E-state index in [1.807, 2.05) is 20.8 Å². The zero-order chi connectivity index (χ0) is 23.0. The topological polar surface area (TPSA) is 96.3 Å². The van der Waals surface area contributed by atoms with Crippen LogP contribution in [0.2, 0.25) is 18.1 Å². The van der Waals surface area contributed by atoms with Crippen molar-refractivity contribution in [3.05, 3.63) is 10.4 Å². The molecular weight excluding hydrogens is 384 g/mol. The second kappa shape index (κ2) is 11.2. The first kappa shape index (κ1) is 27.8. The van der Waals surface area contributed by atoms with E-state index in [9.17, 15) is 4.79 Å². The summed E-state index contributed by atoms with van der Waals surface area (Å²) in [5, 5.41) is 7.11. The summed E-state index contributed by atoms with van der Waals surface area (Å²) >= 11 is 0. The zero-order valence-electron chi connectivity index (χ0n) is 20.5. The molecule has 170 valence electrons. The quantitative estimate of drug-likeness (QED) is 0.182. The Kier molecular flexibility index (Phi) is 10.7. The SMILES string of the molecule is CC(C)C[C@H](NC(=O)OC(C)(C)C)[C@H](C[C@@H](C)CO[Si](C)(C)C(C)(C)C)N=[N+]=[N-]. The predicted octanol–water partition coefficient (Wildman–Crippen LogP) is 6.65. The Balaban J connectivity index is 5.21. The summed E-state index contributed by atoms with van der Waals surface area (Å²) in [6.07, 6.45) is 0.872. The van der Waals surface area contributed by atoms with E-state index < -0.39 is 20.0 Å². The van der Waals surface area contributed by atoms with Gasteiger partial charge in [-0.2, -0.15) is 0 Å². The summed E-state index contributed by atoms with van der Waals surface area (Å²) in [6, 6.07) is -0.635. The normalized spacial score (nSPS) is 16.0. The van der Waals surface area contributed by atoms with Crippen LogP contribution >= 0.6 is 0 Å². The van der Waals surface area contributed by atoms with Crippen LogP contribution in [0.3, 0.4) is 0 Å². The molecule has 0 radical (unpaired) electrons. The zero-order valence-corrected chi connectivity index (χ0v) is 21.5. The van der Waals surface area contributed by atoms with Gasteiger partial charge in [0.15, 0.2) is 8.32 Å². The minimum Gasteiger partial charge on any atom is -0.444 e. The van der Waals surface area contributed by atoms with Crippen LogP contribution in [0.4, 0.5) is 4.79 Å². The number of nitrogens with zero attached hydrogens (tertiary/aromatic N) is 3. The number of hydrogen-bond donors (Lipinski definition) is 1. The number of hydrogen-bond acceptors (Lipinski definition) is 4. The lowest BCUT2D eigenvalue weighted by Crippen LogP contribution is -2.46. The molecule has 8 heteroatoms. The highest BCUT2D eigenvalue weighted by molar-refractivity contribution is 6.74. The molecule has 0 aliphatic carbocycles. The average molecular weight is 429 g/mol. The molecule has 0 fully saturated rings. The fourth-order valence-corrected chi connectivity index (χ4v) is 3.82. The molecule has 0 bridgehead atoms. The van der Waals surface area contributed by atoms with Gasteiger partial charge in [0, 0.05) is 17.6 Å². The van der Waals surface area contributed by atoms with E-state index in [1.54, 1.807) is 0 Å². The molecule has 0 saturated carbocycles. The lowest BCUT2D eigenvalue weighted by molar-refractivity contribution is 0.0486. The van der Waals surface area contributed by atoms with Gasteiger partial charge in [0.05, 0.1) is 6.04 Å². The number of ether oxygens (including phenoxy) is 1. The molecule has 1 amide bonds. The monoisotopic (exact) mass is 428 g/mol. The summed E-state index contributed by atoms with van der Waals surface area (Å²) in [4.78, 5) is 15.4. The first-order valence-electron chi connectivity index (χ1n) is 10.7. The third-order valence-corrected chi connectivity index (χ3v) is 9.77. The number of nitrogens with one attached hydrogen (secondary N) is 1. The van der Waals surface area contributed by atoms with Crippen molar-refractivity contribution in [3.63, 3.8) is 0 Å². The maximum absolute atomic E-state index is 12.3. The Morgan fingerprint density at radius 2 is 1.66 bits per heavy atom. The van der Waals surface area contributed by atoms with Crippen LogP contribution in [0.5, 0.6) is 0 Å². The third kappa shape index (κ3) is 11.5. The Morgan fingerprint density at radius 3 is 2.07 bits per heavy atom. The molecule has 1 N–H and O–H groups in total. The standard InChI is InChI=1S/C21H44N4O3Si/c1-15(2)12-17(23-19(26)28-20(4,5)6)18(24-25-22)13-16(3)14-27-29(10,11)21(7,8)9/h15-18H,12-14H2,1-11H3,(H,23,26)/t16-,17+,18+/m1/s1. The lowest BCUT2D eigenvalue weighted by Gasteiger charge is -2.37. The van der Waals surface area contributed by atoms with Crippen LogP contribution in [0.25, 0.3) is 10.4 Å². The minimum atomic E-state index is -1.84. The van der Waals surface area contributed by atoms with Crippen LogP contribution in [0.15, 0.2) is 5.11 Å². The number of carbonyl (C=O) groups is 1. The summed E-state index contributed by atoms with van der Waals surface area (Å²) in [5.74, 6) is 0.542. The van der Waals surface area contributed by atoms with E-state index in [-0.39, 0.29) is 23.0 Å². The van der Waals surface area contributed by atoms with Gasteiger partial charge < -0.3 is 14.5 Å². The molecule has 29 heavy (non-hydrogen) atoms. The van der Waals surface area contributed by atoms with Gasteiger partial charge in [0.25, 0.3) is 0 Å². The van der Waals surface area contributed by atoms with Crippen molar-refractivity contribution < 1.29 is 14.0 Å². The Labute approximate surface area is 179 Å². The predicted molar refractivity (Wildman–Crippen MR) is 122 cm³/mol. The van der Waals surface area contributed by atoms with Gasteiger partial charge in [0.1, 0.15) is 5.60 Å². The summed E-state index contributed by atoms with van der Waals surface area (Å²) in [6.45, 7) is 23.5. The molecule has 0 aromatic carbocycles. The summed E-state index contributed by atoms with van der Waals surface area (Å²) in [7, 11) is -1.84. The number of rotatable bonds is 10. The van der Waals surface area contributed by atoms with Crippen molar-refractivity contribution in [2.75, 3.05) is 6.61 Å². The van der Waals surface area contributed by atoms with E-state index in [4.69, 9.17) is 14.7 Å². The van der Waals surface area contributed by atoms with Crippen LogP contribution in [-0.2, 0) is 9.16 Å². The van der Waals surface area contributed by atoms with Crippen LogP contribution in [0.1, 0.15) is 75.2 Å². The Bertz CT molecular complexity index is 561. The smallest absolute Gasteiger partial charge is 0.407 e. The molecular formula is C21H44N4O3Si. The van der Waals surface area contributed by atoms with Crippen LogP contribution in [-0.4, -0.2) is 38.7 Å². The number of alkyl carbamates (subject to hydrolysis) is 1. The van der Waals surface area contributed by atoms with E-state index in [1.165, 1.54) is 0 Å². The maximum atomic E-state index is 12.3. The highest BCUT2D eigenvalue weighted by atomic mass is 28.4. The fourth-order valence-electron chi connectivity index (χ4n) is 2.68. The largest absolute Gasteiger partial charge is 0.444 e. The number of amides is 1. The van der Waals surface area contributed by atoms with Gasteiger partial charge >= 0.3 is 6.09 Å². The number of azide groups is 1. The van der Waals surface area contributed by atoms with Crippen LogP contribution < -0.4 is 5.32 Å². The molecule has 0 saturated heterocycles. The Morgan fingerprint density at radius 1 is 1.10 bits per heavy atom. The van der Waals surface area contributed by atoms with Gasteiger partial charge in [-0.25, -0.2) is 4.79 Å². The van der Waals surface area contributed by atoms with Crippen molar-refractivity contribution in [2.24, 2.45) is 17.0 Å². The highest BCUT2D eigenvalue weighted by Crippen LogP contribution is 2.37. The van der Waals surface area contributed by atoms with Crippen molar-refractivity contribution in [1.82, 2.24) is 5.32 Å². The second-order valence-electron chi connectivity index (χ2n) is 11.1. The molecule has 0 spiro atoms. The molecule has 0 rings (SSSR count). The molecule has 7 nitrogen and oxygen atoms in total. The summed E-state index contributed by atoms with van der Waals surface area (Å²) in [5.41, 5.74) is 8.53. The van der Waals surface area contributed by atoms with Crippen molar-refractivity contribution in [3.8, 4) is 0 Å². The minimum absolute atomic E-state index is 0.148. The van der Waals surface area contributed by atoms with E-state index in [0.717, 1.165) is 0 Å². The van der Waals surface area contributed by atoms with E-state index in [2.05, 4.69) is 70.0 Å². The fraction of sp³-hybridized carbons (Fsp3) is 0.952. The van der Waals surface area contributed by atoms with Gasteiger partial charge in [-0.1, -0.05) is 46.7 Å². The van der Waals surface area contributed by atoms with Crippen LogP contribution in [0, 0.1) is 11.8 Å². The Hall–Kier alpha value is -1.24. The first-order valence-corrected chi connectivity index (χ1v) is 13.6. The van der Waals surface area contributed by atoms with Gasteiger partial charge in [-0.15, -0.1) is 0 Å². The third-order valence-electron chi connectivity index (χ3n) is 5.27. The van der Waals surface area contributed by atoms with Gasteiger partial charge in [-0.3, -0.25) is 0 Å². The van der Waals surface area contributed by atoms with Gasteiger partial charge in [0.2, 0.25) is 0 Å². The second-order valence-corrected chi connectivity index (χ2v) is 15.9. The highest BCUT2D eigenvalue weighted by Gasteiger charge is 2.37.